The lowest BCUT2D eigenvalue weighted by atomic mass is 10.2. The summed E-state index contributed by atoms with van der Waals surface area (Å²) in [7, 11) is 1.64. The Morgan fingerprint density at radius 2 is 1.69 bits per heavy atom. The molecule has 3 rings (SSSR count). The predicted octanol–water partition coefficient (Wildman–Crippen LogP) is 3.89. The summed E-state index contributed by atoms with van der Waals surface area (Å²) in [5.74, 6) is -0.337. The summed E-state index contributed by atoms with van der Waals surface area (Å²) >= 11 is 6.03. The van der Waals surface area contributed by atoms with Crippen LogP contribution in [0.5, 0.6) is 0 Å². The normalized spacial score (nSPS) is 10.4. The molecule has 2 aromatic carbocycles. The van der Waals surface area contributed by atoms with Crippen molar-refractivity contribution in [3.05, 3.63) is 76.4 Å². The van der Waals surface area contributed by atoms with Gasteiger partial charge in [-0.25, -0.2) is 0 Å². The highest BCUT2D eigenvalue weighted by Crippen LogP contribution is 2.18. The minimum atomic E-state index is -0.371. The molecule has 7 heteroatoms. The van der Waals surface area contributed by atoms with Crippen molar-refractivity contribution < 1.29 is 9.59 Å². The molecule has 0 saturated carbocycles. The average molecular weight is 369 g/mol. The number of nitrogens with one attached hydrogen (secondary N) is 2. The Bertz CT molecular complexity index is 964. The minimum absolute atomic E-state index is 0.197. The number of hydrogen-bond donors (Lipinski definition) is 2. The molecule has 0 atom stereocenters. The van der Waals surface area contributed by atoms with E-state index >= 15 is 0 Å². The van der Waals surface area contributed by atoms with Crippen LogP contribution in [0.2, 0.25) is 5.02 Å². The molecule has 3 aromatic rings. The number of anilines is 2. The number of carbonyl (C=O) groups is 2. The molecule has 1 heterocycles. The summed E-state index contributed by atoms with van der Waals surface area (Å²) in [6, 6.07) is 15.7. The van der Waals surface area contributed by atoms with E-state index in [-0.39, 0.29) is 17.5 Å². The van der Waals surface area contributed by atoms with Gasteiger partial charge in [-0.1, -0.05) is 41.4 Å². The van der Waals surface area contributed by atoms with Gasteiger partial charge < -0.3 is 10.6 Å². The van der Waals surface area contributed by atoms with Crippen molar-refractivity contribution in [1.82, 2.24) is 9.78 Å². The lowest BCUT2D eigenvalue weighted by molar-refractivity contribution is 0.101. The van der Waals surface area contributed by atoms with Gasteiger partial charge >= 0.3 is 0 Å². The summed E-state index contributed by atoms with van der Waals surface area (Å²) in [4.78, 5) is 24.7. The summed E-state index contributed by atoms with van der Waals surface area (Å²) in [6.07, 6.45) is 0. The molecule has 0 aliphatic heterocycles. The number of benzene rings is 2. The topological polar surface area (TPSA) is 76.0 Å². The molecule has 0 spiro atoms. The van der Waals surface area contributed by atoms with Crippen molar-refractivity contribution in [2.75, 3.05) is 10.6 Å². The fraction of sp³-hybridized carbons (Fsp3) is 0.105. The first-order valence-electron chi connectivity index (χ1n) is 7.92. The van der Waals surface area contributed by atoms with E-state index in [9.17, 15) is 9.59 Å². The maximum absolute atomic E-state index is 12.4. The molecule has 26 heavy (non-hydrogen) atoms. The van der Waals surface area contributed by atoms with Crippen LogP contribution in [0.1, 0.15) is 26.4 Å². The third-order valence-corrected chi connectivity index (χ3v) is 4.11. The number of rotatable bonds is 4. The van der Waals surface area contributed by atoms with Gasteiger partial charge in [-0.2, -0.15) is 5.10 Å². The number of amides is 2. The first-order valence-corrected chi connectivity index (χ1v) is 8.30. The molecule has 6 nitrogen and oxygen atoms in total. The molecule has 132 valence electrons. The fourth-order valence-electron chi connectivity index (χ4n) is 2.36. The van der Waals surface area contributed by atoms with E-state index in [2.05, 4.69) is 15.7 Å². The van der Waals surface area contributed by atoms with E-state index < -0.39 is 0 Å². The summed E-state index contributed by atoms with van der Waals surface area (Å²) < 4.78 is 1.43. The number of carbonyl (C=O) groups excluding carboxylic acids is 2. The molecular weight excluding hydrogens is 352 g/mol. The number of nitrogens with zero attached hydrogens (tertiary/aromatic N) is 2. The third-order valence-electron chi connectivity index (χ3n) is 3.78. The average Bonchev–Trinajstić information content (AvgIpc) is 2.98. The van der Waals surface area contributed by atoms with Gasteiger partial charge in [-0.15, -0.1) is 0 Å². The summed E-state index contributed by atoms with van der Waals surface area (Å²) in [5, 5.41) is 9.98. The van der Waals surface area contributed by atoms with Gasteiger partial charge in [-0.05, 0) is 31.2 Å². The van der Waals surface area contributed by atoms with Crippen molar-refractivity contribution in [3.63, 3.8) is 0 Å². The van der Waals surface area contributed by atoms with E-state index in [0.29, 0.717) is 22.1 Å². The molecule has 0 bridgehead atoms. The molecule has 0 fully saturated rings. The van der Waals surface area contributed by atoms with Crippen LogP contribution in [0.3, 0.4) is 0 Å². The van der Waals surface area contributed by atoms with Gasteiger partial charge in [0.25, 0.3) is 11.8 Å². The summed E-state index contributed by atoms with van der Waals surface area (Å²) in [6.45, 7) is 1.97. The van der Waals surface area contributed by atoms with Crippen LogP contribution in [0.4, 0.5) is 11.5 Å². The lowest BCUT2D eigenvalue weighted by Gasteiger charge is -2.06. The van der Waals surface area contributed by atoms with Crippen LogP contribution in [0.15, 0.2) is 54.6 Å². The zero-order valence-corrected chi connectivity index (χ0v) is 15.0. The second kappa shape index (κ2) is 7.41. The number of hydrogen-bond acceptors (Lipinski definition) is 3. The Balaban J connectivity index is 1.74. The molecule has 0 radical (unpaired) electrons. The van der Waals surface area contributed by atoms with E-state index in [0.717, 1.165) is 5.56 Å². The van der Waals surface area contributed by atoms with E-state index in [1.54, 1.807) is 31.3 Å². The standard InChI is InChI=1S/C19H17ClN4O2/c1-12-7-9-13(10-8-12)21-19(26)16-11-17(24(2)23-16)22-18(25)14-5-3-4-6-15(14)20/h3-11H,1-2H3,(H,21,26)(H,22,25). The van der Waals surface area contributed by atoms with Gasteiger partial charge in [-0.3, -0.25) is 14.3 Å². The van der Waals surface area contributed by atoms with Gasteiger partial charge in [0.1, 0.15) is 5.82 Å². The number of aryl methyl sites for hydroxylation is 2. The van der Waals surface area contributed by atoms with E-state index in [4.69, 9.17) is 11.6 Å². The predicted molar refractivity (Wildman–Crippen MR) is 102 cm³/mol. The number of halogens is 1. The van der Waals surface area contributed by atoms with Gasteiger partial charge in [0, 0.05) is 18.8 Å². The SMILES string of the molecule is Cc1ccc(NC(=O)c2cc(NC(=O)c3ccccc3Cl)n(C)n2)cc1. The molecule has 0 saturated heterocycles. The first kappa shape index (κ1) is 17.7. The maximum atomic E-state index is 12.4. The van der Waals surface area contributed by atoms with Crippen LogP contribution < -0.4 is 10.6 Å². The van der Waals surface area contributed by atoms with Crippen molar-refractivity contribution in [2.24, 2.45) is 7.05 Å². The Morgan fingerprint density at radius 3 is 2.38 bits per heavy atom. The lowest BCUT2D eigenvalue weighted by Crippen LogP contribution is -2.14. The fourth-order valence-corrected chi connectivity index (χ4v) is 2.58. The van der Waals surface area contributed by atoms with Crippen molar-refractivity contribution >= 4 is 34.9 Å². The van der Waals surface area contributed by atoms with Crippen molar-refractivity contribution in [2.45, 2.75) is 6.92 Å². The third kappa shape index (κ3) is 3.92. The molecule has 1 aromatic heterocycles. The molecule has 0 unspecified atom stereocenters. The highest BCUT2D eigenvalue weighted by Gasteiger charge is 2.16. The molecule has 2 N–H and O–H groups in total. The quantitative estimate of drug-likeness (QED) is 0.733. The zero-order chi connectivity index (χ0) is 18.7. The molecule has 2 amide bonds. The number of aromatic nitrogens is 2. The Labute approximate surface area is 155 Å². The van der Waals surface area contributed by atoms with Gasteiger partial charge in [0.2, 0.25) is 0 Å². The highest BCUT2D eigenvalue weighted by molar-refractivity contribution is 6.34. The Morgan fingerprint density at radius 1 is 1.00 bits per heavy atom. The zero-order valence-electron chi connectivity index (χ0n) is 14.3. The monoisotopic (exact) mass is 368 g/mol. The van der Waals surface area contributed by atoms with Crippen LogP contribution in [-0.2, 0) is 7.05 Å². The summed E-state index contributed by atoms with van der Waals surface area (Å²) in [5.41, 5.74) is 2.32. The van der Waals surface area contributed by atoms with Crippen LogP contribution in [0.25, 0.3) is 0 Å². The minimum Gasteiger partial charge on any atom is -0.321 e. The molecule has 0 aliphatic carbocycles. The van der Waals surface area contributed by atoms with Crippen LogP contribution in [-0.4, -0.2) is 21.6 Å². The van der Waals surface area contributed by atoms with E-state index in [1.807, 2.05) is 31.2 Å². The van der Waals surface area contributed by atoms with Gasteiger partial charge in [0.15, 0.2) is 5.69 Å². The molecular formula is C19H17ClN4O2. The largest absolute Gasteiger partial charge is 0.321 e. The van der Waals surface area contributed by atoms with Crippen LogP contribution >= 0.6 is 11.6 Å². The van der Waals surface area contributed by atoms with Crippen molar-refractivity contribution in [1.29, 1.82) is 0 Å². The maximum Gasteiger partial charge on any atom is 0.276 e. The highest BCUT2D eigenvalue weighted by atomic mass is 35.5. The smallest absolute Gasteiger partial charge is 0.276 e. The second-order valence-electron chi connectivity index (χ2n) is 5.79. The van der Waals surface area contributed by atoms with E-state index in [1.165, 1.54) is 10.7 Å². The van der Waals surface area contributed by atoms with Crippen molar-refractivity contribution in [3.8, 4) is 0 Å². The van der Waals surface area contributed by atoms with Crippen LogP contribution in [0, 0.1) is 6.92 Å². The second-order valence-corrected chi connectivity index (χ2v) is 6.20. The first-order chi connectivity index (χ1) is 12.4. The van der Waals surface area contributed by atoms with Gasteiger partial charge in [0.05, 0.1) is 10.6 Å². The molecule has 0 aliphatic rings. The Kier molecular flexibility index (Phi) is 5.04. The Hall–Kier alpha value is -3.12.